The highest BCUT2D eigenvalue weighted by Gasteiger charge is 2.28. The lowest BCUT2D eigenvalue weighted by atomic mass is 10.1. The molecule has 0 bridgehead atoms. The van der Waals surface area contributed by atoms with Crippen LogP contribution < -0.4 is 10.2 Å². The largest absolute Gasteiger partial charge is 0.480 e. The molecule has 19 heavy (non-hydrogen) atoms. The number of hydrogen-bond acceptors (Lipinski definition) is 5. The average molecular weight is 264 g/mol. The predicted octanol–water partition coefficient (Wildman–Crippen LogP) is 0.336. The molecule has 0 aromatic heterocycles. The lowest BCUT2D eigenvalue weighted by Gasteiger charge is -2.35. The number of carboxylic acids is 1. The minimum absolute atomic E-state index is 0.401. The first-order chi connectivity index (χ1) is 9.13. The lowest BCUT2D eigenvalue weighted by molar-refractivity contribution is -0.138. The van der Waals surface area contributed by atoms with Crippen molar-refractivity contribution in [3.63, 3.8) is 0 Å². The molecular weight excluding hydrogens is 248 g/mol. The number of aliphatic carboxylic acids is 1. The van der Waals surface area contributed by atoms with Crippen LogP contribution in [-0.2, 0) is 9.53 Å². The van der Waals surface area contributed by atoms with Gasteiger partial charge >= 0.3 is 11.9 Å². The number of ether oxygens (including phenoxy) is 1. The van der Waals surface area contributed by atoms with E-state index < -0.39 is 18.0 Å². The molecule has 6 nitrogen and oxygen atoms in total. The van der Waals surface area contributed by atoms with Gasteiger partial charge in [-0.05, 0) is 24.3 Å². The molecule has 1 fully saturated rings. The zero-order chi connectivity index (χ0) is 13.8. The smallest absolute Gasteiger partial charge is 0.337 e. The first kappa shape index (κ1) is 13.4. The Morgan fingerprint density at radius 1 is 1.37 bits per heavy atom. The molecule has 1 heterocycles. The van der Waals surface area contributed by atoms with Gasteiger partial charge in [-0.3, -0.25) is 0 Å². The van der Waals surface area contributed by atoms with E-state index in [9.17, 15) is 14.7 Å². The quantitative estimate of drug-likeness (QED) is 0.766. The van der Waals surface area contributed by atoms with E-state index in [1.165, 1.54) is 7.11 Å². The minimum atomic E-state index is -0.857. The molecule has 1 aliphatic heterocycles. The van der Waals surface area contributed by atoms with Gasteiger partial charge in [0.2, 0.25) is 0 Å². The number of esters is 1. The number of piperazine rings is 1. The van der Waals surface area contributed by atoms with E-state index in [0.29, 0.717) is 18.7 Å². The molecule has 1 aliphatic rings. The van der Waals surface area contributed by atoms with Crippen molar-refractivity contribution in [1.29, 1.82) is 0 Å². The molecule has 1 atom stereocenters. The fourth-order valence-electron chi connectivity index (χ4n) is 2.14. The maximum Gasteiger partial charge on any atom is 0.337 e. The van der Waals surface area contributed by atoms with Crippen LogP contribution in [-0.4, -0.2) is 49.8 Å². The zero-order valence-electron chi connectivity index (χ0n) is 10.6. The number of hydrogen-bond donors (Lipinski definition) is 2. The van der Waals surface area contributed by atoms with Crippen LogP contribution in [0.15, 0.2) is 24.3 Å². The van der Waals surface area contributed by atoms with Gasteiger partial charge in [-0.2, -0.15) is 0 Å². The van der Waals surface area contributed by atoms with Crippen molar-refractivity contribution < 1.29 is 19.4 Å². The van der Waals surface area contributed by atoms with Crippen molar-refractivity contribution in [2.24, 2.45) is 0 Å². The zero-order valence-corrected chi connectivity index (χ0v) is 10.6. The molecule has 1 aromatic carbocycles. The summed E-state index contributed by atoms with van der Waals surface area (Å²) in [5.41, 5.74) is 1.25. The Hall–Kier alpha value is -2.08. The summed E-state index contributed by atoms with van der Waals surface area (Å²) >= 11 is 0. The van der Waals surface area contributed by atoms with E-state index in [4.69, 9.17) is 0 Å². The van der Waals surface area contributed by atoms with Crippen LogP contribution in [0.1, 0.15) is 10.4 Å². The highest BCUT2D eigenvalue weighted by molar-refractivity contribution is 5.90. The van der Waals surface area contributed by atoms with Crippen molar-refractivity contribution in [2.45, 2.75) is 6.04 Å². The predicted molar refractivity (Wildman–Crippen MR) is 69.4 cm³/mol. The van der Waals surface area contributed by atoms with Gasteiger partial charge in [-0.15, -0.1) is 0 Å². The molecule has 0 saturated carbocycles. The van der Waals surface area contributed by atoms with Crippen molar-refractivity contribution >= 4 is 17.6 Å². The molecule has 1 saturated heterocycles. The molecule has 0 aliphatic carbocycles. The Labute approximate surface area is 111 Å². The Morgan fingerprint density at radius 2 is 2.05 bits per heavy atom. The SMILES string of the molecule is COC(=O)c1ccc(N2CCNCC2C(=O)O)cc1. The van der Waals surface area contributed by atoms with Gasteiger partial charge in [0.1, 0.15) is 6.04 Å². The van der Waals surface area contributed by atoms with E-state index >= 15 is 0 Å². The Balaban J connectivity index is 2.20. The highest BCUT2D eigenvalue weighted by atomic mass is 16.5. The molecule has 0 radical (unpaired) electrons. The van der Waals surface area contributed by atoms with Crippen LogP contribution >= 0.6 is 0 Å². The summed E-state index contributed by atoms with van der Waals surface area (Å²) in [5.74, 6) is -1.26. The van der Waals surface area contributed by atoms with E-state index in [2.05, 4.69) is 10.1 Å². The molecule has 0 amide bonds. The van der Waals surface area contributed by atoms with E-state index in [0.717, 1.165) is 12.2 Å². The summed E-state index contributed by atoms with van der Waals surface area (Å²) < 4.78 is 4.62. The third-order valence-electron chi connectivity index (χ3n) is 3.15. The number of carbonyl (C=O) groups is 2. The third kappa shape index (κ3) is 2.85. The van der Waals surface area contributed by atoms with E-state index in [1.54, 1.807) is 24.3 Å². The summed E-state index contributed by atoms with van der Waals surface area (Å²) in [6, 6.07) is 6.18. The topological polar surface area (TPSA) is 78.9 Å². The fourth-order valence-corrected chi connectivity index (χ4v) is 2.14. The van der Waals surface area contributed by atoms with Gasteiger partial charge in [-0.25, -0.2) is 9.59 Å². The van der Waals surface area contributed by atoms with Crippen molar-refractivity contribution in [2.75, 3.05) is 31.6 Å². The average Bonchev–Trinajstić information content (AvgIpc) is 2.46. The van der Waals surface area contributed by atoms with Crippen molar-refractivity contribution in [1.82, 2.24) is 5.32 Å². The number of anilines is 1. The number of carboxylic acid groups (broad SMARTS) is 1. The second-order valence-corrected chi connectivity index (χ2v) is 4.29. The maximum atomic E-state index is 11.3. The number of nitrogens with one attached hydrogen (secondary N) is 1. The summed E-state index contributed by atoms with van der Waals surface area (Å²) in [6.45, 7) is 1.77. The first-order valence-corrected chi connectivity index (χ1v) is 6.02. The van der Waals surface area contributed by atoms with Crippen molar-refractivity contribution in [3.8, 4) is 0 Å². The van der Waals surface area contributed by atoms with Crippen LogP contribution in [0.4, 0.5) is 5.69 Å². The van der Waals surface area contributed by atoms with Crippen LogP contribution in [0.25, 0.3) is 0 Å². The van der Waals surface area contributed by atoms with Crippen LogP contribution in [0.5, 0.6) is 0 Å². The van der Waals surface area contributed by atoms with Gasteiger partial charge < -0.3 is 20.1 Å². The Morgan fingerprint density at radius 3 is 2.63 bits per heavy atom. The molecule has 2 N–H and O–H groups in total. The van der Waals surface area contributed by atoms with Gasteiger partial charge in [0.25, 0.3) is 0 Å². The second-order valence-electron chi connectivity index (χ2n) is 4.29. The summed E-state index contributed by atoms with van der Waals surface area (Å²) in [7, 11) is 1.33. The molecule has 2 rings (SSSR count). The lowest BCUT2D eigenvalue weighted by Crippen LogP contribution is -2.55. The maximum absolute atomic E-state index is 11.3. The summed E-state index contributed by atoms with van der Waals surface area (Å²) in [5, 5.41) is 12.3. The van der Waals surface area contributed by atoms with Gasteiger partial charge in [0, 0.05) is 25.3 Å². The van der Waals surface area contributed by atoms with Crippen LogP contribution in [0, 0.1) is 0 Å². The van der Waals surface area contributed by atoms with E-state index in [1.807, 2.05) is 4.90 Å². The Bertz CT molecular complexity index is 472. The van der Waals surface area contributed by atoms with Crippen LogP contribution in [0.2, 0.25) is 0 Å². The highest BCUT2D eigenvalue weighted by Crippen LogP contribution is 2.19. The van der Waals surface area contributed by atoms with Crippen molar-refractivity contribution in [3.05, 3.63) is 29.8 Å². The first-order valence-electron chi connectivity index (χ1n) is 6.02. The normalized spacial score (nSPS) is 19.0. The molecule has 0 spiro atoms. The fraction of sp³-hybridized carbons (Fsp3) is 0.385. The molecule has 102 valence electrons. The monoisotopic (exact) mass is 264 g/mol. The van der Waals surface area contributed by atoms with Gasteiger partial charge in [0.15, 0.2) is 0 Å². The molecule has 1 unspecified atom stereocenters. The van der Waals surface area contributed by atoms with E-state index in [-0.39, 0.29) is 0 Å². The Kier molecular flexibility index (Phi) is 4.01. The number of rotatable bonds is 3. The summed E-state index contributed by atoms with van der Waals surface area (Å²) in [4.78, 5) is 24.4. The number of methoxy groups -OCH3 is 1. The molecular formula is C13H16N2O4. The standard InChI is InChI=1S/C13H16N2O4/c1-19-13(18)9-2-4-10(5-3-9)15-7-6-14-8-11(15)12(16)17/h2-5,11,14H,6-8H2,1H3,(H,16,17). The number of carbonyl (C=O) groups excluding carboxylic acids is 1. The number of benzene rings is 1. The van der Waals surface area contributed by atoms with Gasteiger partial charge in [0.05, 0.1) is 12.7 Å². The second kappa shape index (κ2) is 5.71. The minimum Gasteiger partial charge on any atom is -0.480 e. The number of nitrogens with zero attached hydrogens (tertiary/aromatic N) is 1. The van der Waals surface area contributed by atoms with Crippen LogP contribution in [0.3, 0.4) is 0 Å². The van der Waals surface area contributed by atoms with Gasteiger partial charge in [-0.1, -0.05) is 0 Å². The molecule has 6 heteroatoms. The molecule has 1 aromatic rings. The summed E-state index contributed by atoms with van der Waals surface area (Å²) in [6.07, 6.45) is 0. The third-order valence-corrected chi connectivity index (χ3v) is 3.15.